The third kappa shape index (κ3) is 5.22. The van der Waals surface area contributed by atoms with Gasteiger partial charge in [-0.3, -0.25) is 4.98 Å². The fraction of sp³-hybridized carbons (Fsp3) is 0.440. The molecule has 8 nitrogen and oxygen atoms in total. The Bertz CT molecular complexity index is 1230. The third-order valence-electron chi connectivity index (χ3n) is 5.90. The lowest BCUT2D eigenvalue weighted by Gasteiger charge is -2.18. The zero-order valence-electron chi connectivity index (χ0n) is 19.7. The van der Waals surface area contributed by atoms with Gasteiger partial charge in [-0.15, -0.1) is 5.10 Å². The standard InChI is InChI=1S/C25H32N8/c1-25(2,3)18-27-11-19-6-7-24-28-21(15-32(24)14-19)16-33-17-23(29-30-33)20-10-22(13-26-12-20)31-8-4-5-9-31/h6-7,10,12-15,17,27H,4-5,8-9,11,16,18H2,1-3H3. The molecular formula is C25H32N8. The largest absolute Gasteiger partial charge is 0.370 e. The van der Waals surface area contributed by atoms with Crippen molar-refractivity contribution in [1.29, 1.82) is 0 Å². The molecule has 0 saturated carbocycles. The van der Waals surface area contributed by atoms with Crippen LogP contribution >= 0.6 is 0 Å². The van der Waals surface area contributed by atoms with Gasteiger partial charge in [-0.25, -0.2) is 9.67 Å². The fourth-order valence-corrected chi connectivity index (χ4v) is 4.24. The van der Waals surface area contributed by atoms with Crippen LogP contribution in [0.5, 0.6) is 0 Å². The summed E-state index contributed by atoms with van der Waals surface area (Å²) < 4.78 is 3.93. The van der Waals surface area contributed by atoms with Crippen molar-refractivity contribution in [1.82, 2.24) is 34.7 Å². The molecule has 1 aliphatic heterocycles. The van der Waals surface area contributed by atoms with Crippen molar-refractivity contribution in [2.75, 3.05) is 24.5 Å². The average Bonchev–Trinajstić information content (AvgIpc) is 3.54. The molecule has 8 heteroatoms. The van der Waals surface area contributed by atoms with Gasteiger partial charge < -0.3 is 14.6 Å². The van der Waals surface area contributed by atoms with Crippen LogP contribution in [0.1, 0.15) is 44.9 Å². The summed E-state index contributed by atoms with van der Waals surface area (Å²) in [6.45, 7) is 11.3. The number of nitrogens with zero attached hydrogens (tertiary/aromatic N) is 7. The van der Waals surface area contributed by atoms with Crippen molar-refractivity contribution >= 4 is 11.3 Å². The molecule has 0 aliphatic carbocycles. The minimum Gasteiger partial charge on any atom is -0.370 e. The van der Waals surface area contributed by atoms with Gasteiger partial charge in [0.1, 0.15) is 11.3 Å². The van der Waals surface area contributed by atoms with Gasteiger partial charge >= 0.3 is 0 Å². The molecule has 1 fully saturated rings. The number of nitrogens with one attached hydrogen (secondary N) is 1. The van der Waals surface area contributed by atoms with Crippen molar-refractivity contribution in [3.8, 4) is 11.3 Å². The van der Waals surface area contributed by atoms with E-state index in [1.165, 1.54) is 18.4 Å². The van der Waals surface area contributed by atoms with Crippen LogP contribution in [0.25, 0.3) is 16.9 Å². The molecule has 1 saturated heterocycles. The van der Waals surface area contributed by atoms with E-state index in [9.17, 15) is 0 Å². The molecule has 0 unspecified atom stereocenters. The molecule has 0 spiro atoms. The molecule has 1 aliphatic rings. The molecule has 0 bridgehead atoms. The zero-order chi connectivity index (χ0) is 22.8. The maximum absolute atomic E-state index is 4.75. The molecule has 0 atom stereocenters. The minimum absolute atomic E-state index is 0.272. The van der Waals surface area contributed by atoms with E-state index in [0.717, 1.165) is 54.5 Å². The maximum Gasteiger partial charge on any atom is 0.137 e. The lowest BCUT2D eigenvalue weighted by molar-refractivity contribution is 0.379. The topological polar surface area (TPSA) is 76.2 Å². The molecule has 0 radical (unpaired) electrons. The Labute approximate surface area is 194 Å². The summed E-state index contributed by atoms with van der Waals surface area (Å²) in [4.78, 5) is 11.6. The van der Waals surface area contributed by atoms with Crippen LogP contribution in [-0.4, -0.2) is 49.0 Å². The smallest absolute Gasteiger partial charge is 0.137 e. The second-order valence-electron chi connectivity index (χ2n) is 10.1. The summed E-state index contributed by atoms with van der Waals surface area (Å²) in [5, 5.41) is 12.2. The molecule has 33 heavy (non-hydrogen) atoms. The number of rotatable bonds is 7. The Hall–Kier alpha value is -3.26. The van der Waals surface area contributed by atoms with Gasteiger partial charge in [0.15, 0.2) is 0 Å². The Morgan fingerprint density at radius 2 is 1.88 bits per heavy atom. The van der Waals surface area contributed by atoms with E-state index in [1.54, 1.807) is 0 Å². The number of hydrogen-bond acceptors (Lipinski definition) is 6. The Morgan fingerprint density at radius 1 is 1.03 bits per heavy atom. The van der Waals surface area contributed by atoms with Gasteiger partial charge in [-0.05, 0) is 36.0 Å². The van der Waals surface area contributed by atoms with E-state index in [-0.39, 0.29) is 5.41 Å². The summed E-state index contributed by atoms with van der Waals surface area (Å²) in [6, 6.07) is 6.36. The van der Waals surface area contributed by atoms with Gasteiger partial charge in [-0.2, -0.15) is 0 Å². The predicted octanol–water partition coefficient (Wildman–Crippen LogP) is 3.77. The molecule has 0 aromatic carbocycles. The van der Waals surface area contributed by atoms with Gasteiger partial charge in [0, 0.05) is 50.3 Å². The van der Waals surface area contributed by atoms with Crippen molar-refractivity contribution in [2.24, 2.45) is 5.41 Å². The lowest BCUT2D eigenvalue weighted by Crippen LogP contribution is -2.26. The molecule has 4 aromatic rings. The second kappa shape index (κ2) is 8.94. The van der Waals surface area contributed by atoms with Crippen LogP contribution in [-0.2, 0) is 13.1 Å². The molecule has 172 valence electrons. The predicted molar refractivity (Wildman–Crippen MR) is 130 cm³/mol. The first-order valence-corrected chi connectivity index (χ1v) is 11.7. The molecule has 5 rings (SSSR count). The first-order valence-electron chi connectivity index (χ1n) is 11.7. The van der Waals surface area contributed by atoms with Crippen LogP contribution in [0, 0.1) is 5.41 Å². The first-order chi connectivity index (χ1) is 15.9. The van der Waals surface area contributed by atoms with E-state index in [2.05, 4.69) is 81.3 Å². The van der Waals surface area contributed by atoms with Crippen molar-refractivity contribution in [2.45, 2.75) is 46.7 Å². The van der Waals surface area contributed by atoms with Gasteiger partial charge in [0.05, 0.1) is 30.3 Å². The third-order valence-corrected chi connectivity index (χ3v) is 5.90. The number of pyridine rings is 2. The highest BCUT2D eigenvalue weighted by atomic mass is 15.4. The molecular weight excluding hydrogens is 412 g/mol. The maximum atomic E-state index is 4.75. The normalized spacial score (nSPS) is 14.5. The molecule has 4 aromatic heterocycles. The summed E-state index contributed by atoms with van der Waals surface area (Å²) in [5.41, 5.74) is 6.39. The van der Waals surface area contributed by atoms with E-state index >= 15 is 0 Å². The average molecular weight is 445 g/mol. The number of fused-ring (bicyclic) bond motifs is 1. The quantitative estimate of drug-likeness (QED) is 0.468. The van der Waals surface area contributed by atoms with E-state index < -0.39 is 0 Å². The lowest BCUT2D eigenvalue weighted by atomic mass is 9.97. The zero-order valence-corrected chi connectivity index (χ0v) is 19.7. The highest BCUT2D eigenvalue weighted by Gasteiger charge is 2.15. The number of anilines is 1. The second-order valence-corrected chi connectivity index (χ2v) is 10.1. The van der Waals surface area contributed by atoms with Crippen LogP contribution in [0.15, 0.2) is 49.2 Å². The Morgan fingerprint density at radius 3 is 2.70 bits per heavy atom. The van der Waals surface area contributed by atoms with Crippen molar-refractivity contribution in [3.63, 3.8) is 0 Å². The van der Waals surface area contributed by atoms with Gasteiger partial charge in [0.25, 0.3) is 0 Å². The van der Waals surface area contributed by atoms with E-state index in [4.69, 9.17) is 4.98 Å². The first kappa shape index (κ1) is 21.6. The van der Waals surface area contributed by atoms with Crippen molar-refractivity contribution in [3.05, 3.63) is 60.4 Å². The Balaban J connectivity index is 1.27. The van der Waals surface area contributed by atoms with Gasteiger partial charge in [-0.1, -0.05) is 32.1 Å². The minimum atomic E-state index is 0.272. The number of aromatic nitrogens is 6. The van der Waals surface area contributed by atoms with E-state index in [0.29, 0.717) is 6.54 Å². The van der Waals surface area contributed by atoms with Crippen LogP contribution in [0.4, 0.5) is 5.69 Å². The molecule has 5 heterocycles. The van der Waals surface area contributed by atoms with Crippen LogP contribution in [0.2, 0.25) is 0 Å². The highest BCUT2D eigenvalue weighted by molar-refractivity contribution is 5.63. The van der Waals surface area contributed by atoms with Gasteiger partial charge in [0.2, 0.25) is 0 Å². The molecule has 0 amide bonds. The van der Waals surface area contributed by atoms with E-state index in [1.807, 2.05) is 23.3 Å². The summed E-state index contributed by atoms with van der Waals surface area (Å²) >= 11 is 0. The fourth-order valence-electron chi connectivity index (χ4n) is 4.24. The number of imidazole rings is 1. The van der Waals surface area contributed by atoms with Crippen LogP contribution in [0.3, 0.4) is 0 Å². The number of hydrogen-bond donors (Lipinski definition) is 1. The monoisotopic (exact) mass is 444 g/mol. The Kier molecular flexibility index (Phi) is 5.85. The van der Waals surface area contributed by atoms with Crippen LogP contribution < -0.4 is 10.2 Å². The van der Waals surface area contributed by atoms with Crippen molar-refractivity contribution < 1.29 is 0 Å². The summed E-state index contributed by atoms with van der Waals surface area (Å²) in [7, 11) is 0. The molecule has 1 N–H and O–H groups in total. The summed E-state index contributed by atoms with van der Waals surface area (Å²) in [5.74, 6) is 0. The summed E-state index contributed by atoms with van der Waals surface area (Å²) in [6.07, 6.45) is 12.5. The highest BCUT2D eigenvalue weighted by Crippen LogP contribution is 2.24. The SMILES string of the molecule is CC(C)(C)CNCc1ccc2nc(Cn3cc(-c4cncc(N5CCCC5)c4)nn3)cn2c1.